The monoisotopic (exact) mass is 466 g/mol. The van der Waals surface area contributed by atoms with Gasteiger partial charge >= 0.3 is 0 Å². The topological polar surface area (TPSA) is 92.3 Å². The van der Waals surface area contributed by atoms with E-state index < -0.39 is 0 Å². The van der Waals surface area contributed by atoms with Crippen LogP contribution in [0.3, 0.4) is 0 Å². The van der Waals surface area contributed by atoms with Gasteiger partial charge in [0.1, 0.15) is 0 Å². The van der Waals surface area contributed by atoms with Gasteiger partial charge in [-0.25, -0.2) is 0 Å². The van der Waals surface area contributed by atoms with E-state index in [1.54, 1.807) is 12.1 Å². The smallest absolute Gasteiger partial charge is 0.229 e. The van der Waals surface area contributed by atoms with Crippen LogP contribution in [-0.2, 0) is 22.6 Å². The first-order valence-corrected chi connectivity index (χ1v) is 12.2. The first kappa shape index (κ1) is 28.8. The molecule has 1 fully saturated rings. The van der Waals surface area contributed by atoms with Gasteiger partial charge < -0.3 is 5.32 Å². The summed E-state index contributed by atoms with van der Waals surface area (Å²) in [6, 6.07) is 13.8. The molecular weight excluding hydrogens is 428 g/mol. The zero-order valence-electron chi connectivity index (χ0n) is 21.1. The number of ketones is 1. The Morgan fingerprint density at radius 3 is 2.24 bits per heavy atom. The van der Waals surface area contributed by atoms with Crippen LogP contribution in [0, 0.1) is 5.92 Å². The lowest BCUT2D eigenvalue weighted by Crippen LogP contribution is -2.39. The molecule has 6 heteroatoms. The number of aldehydes is 1. The molecule has 1 atom stereocenters. The van der Waals surface area contributed by atoms with E-state index in [-0.39, 0.29) is 23.5 Å². The highest BCUT2D eigenvalue weighted by Gasteiger charge is 2.21. The second kappa shape index (κ2) is 15.5. The van der Waals surface area contributed by atoms with Crippen molar-refractivity contribution >= 4 is 29.6 Å². The number of hydrogen-bond donors (Lipinski definition) is 2. The largest absolute Gasteiger partial charge is 0.381 e. The van der Waals surface area contributed by atoms with E-state index in [0.717, 1.165) is 24.8 Å². The number of nitrogens with one attached hydrogen (secondary N) is 2. The van der Waals surface area contributed by atoms with Gasteiger partial charge in [-0.05, 0) is 48.6 Å². The van der Waals surface area contributed by atoms with Gasteiger partial charge in [0, 0.05) is 42.1 Å². The zero-order chi connectivity index (χ0) is 25.5. The molecule has 1 saturated heterocycles. The van der Waals surface area contributed by atoms with E-state index in [1.165, 1.54) is 11.1 Å². The molecule has 0 spiro atoms. The minimum absolute atomic E-state index is 0.0164. The molecular formula is C28H38N2O4. The summed E-state index contributed by atoms with van der Waals surface area (Å²) in [6.45, 7) is 10.6. The molecule has 2 N–H and O–H groups in total. The fraction of sp³-hybridized carbons (Fsp3) is 0.429. The summed E-state index contributed by atoms with van der Waals surface area (Å²) in [4.78, 5) is 44.4. The summed E-state index contributed by atoms with van der Waals surface area (Å²) in [5.41, 5.74) is 4.31. The molecule has 6 nitrogen and oxygen atoms in total. The number of carbonyl (C=O) groups is 4. The van der Waals surface area contributed by atoms with Gasteiger partial charge in [0.05, 0.1) is 0 Å². The van der Waals surface area contributed by atoms with Crippen molar-refractivity contribution in [3.63, 3.8) is 0 Å². The Kier molecular flexibility index (Phi) is 13.1. The maximum absolute atomic E-state index is 12.0. The maximum Gasteiger partial charge on any atom is 0.229 e. The van der Waals surface area contributed by atoms with Crippen LogP contribution in [0.2, 0.25) is 0 Å². The molecule has 0 aliphatic carbocycles. The maximum atomic E-state index is 12.0. The summed E-state index contributed by atoms with van der Waals surface area (Å²) < 4.78 is 0. The standard InChI is InChI=1S/C20H23NO2.C6H9NO2.C2H6/c1-3-5-20(23)19-11-10-18(12-17(19)14-22)21-13-16-8-6-15(4-2)7-9-16;1-4-2-3-5(8)7-6(4)9;1-2/h6-12,14,21H,3-5,13H2,1-2H3;4H,2-3H2,1H3,(H,7,8,9);1-2H3. The number of anilines is 1. The number of carbonyl (C=O) groups excluding carboxylic acids is 4. The molecule has 2 amide bonds. The van der Waals surface area contributed by atoms with Crippen LogP contribution < -0.4 is 10.6 Å². The molecule has 184 valence electrons. The van der Waals surface area contributed by atoms with E-state index in [4.69, 9.17) is 0 Å². The van der Waals surface area contributed by atoms with Crippen LogP contribution in [0.4, 0.5) is 5.69 Å². The van der Waals surface area contributed by atoms with Crippen molar-refractivity contribution in [1.29, 1.82) is 0 Å². The third kappa shape index (κ3) is 9.30. The molecule has 2 aromatic rings. The van der Waals surface area contributed by atoms with Gasteiger partial charge in [-0.2, -0.15) is 0 Å². The summed E-state index contributed by atoms with van der Waals surface area (Å²) in [6.07, 6.45) is 4.23. The van der Waals surface area contributed by atoms with Crippen molar-refractivity contribution in [1.82, 2.24) is 5.32 Å². The predicted octanol–water partition coefficient (Wildman–Crippen LogP) is 5.74. The molecule has 0 saturated carbocycles. The number of rotatable bonds is 8. The van der Waals surface area contributed by atoms with E-state index in [0.29, 0.717) is 36.9 Å². The average Bonchev–Trinajstić information content (AvgIpc) is 2.87. The average molecular weight is 467 g/mol. The minimum Gasteiger partial charge on any atom is -0.381 e. The highest BCUT2D eigenvalue weighted by atomic mass is 16.2. The van der Waals surface area contributed by atoms with Crippen molar-refractivity contribution in [2.75, 3.05) is 5.32 Å². The van der Waals surface area contributed by atoms with Gasteiger partial charge in [-0.15, -0.1) is 0 Å². The summed E-state index contributed by atoms with van der Waals surface area (Å²) in [5, 5.41) is 5.55. The summed E-state index contributed by atoms with van der Waals surface area (Å²) in [7, 11) is 0. The van der Waals surface area contributed by atoms with E-state index in [2.05, 4.69) is 41.8 Å². The number of Topliss-reactive ketones (excluding diaryl/α,β-unsaturated/α-hetero) is 1. The quantitative estimate of drug-likeness (QED) is 0.294. The number of piperidine rings is 1. The summed E-state index contributed by atoms with van der Waals surface area (Å²) in [5.74, 6) is -0.233. The fourth-order valence-electron chi connectivity index (χ4n) is 3.28. The minimum atomic E-state index is -0.141. The van der Waals surface area contributed by atoms with Crippen LogP contribution in [-0.4, -0.2) is 23.9 Å². The van der Waals surface area contributed by atoms with E-state index >= 15 is 0 Å². The Morgan fingerprint density at radius 1 is 1.06 bits per heavy atom. The molecule has 0 bridgehead atoms. The SMILES string of the molecule is CC.CC1CCC(=O)NC1=O.CCCC(=O)c1ccc(NCc2ccc(CC)cc2)cc1C=O. The van der Waals surface area contributed by atoms with Crippen molar-refractivity contribution in [3.05, 3.63) is 64.7 Å². The van der Waals surface area contributed by atoms with Gasteiger partial charge in [0.15, 0.2) is 12.1 Å². The van der Waals surface area contributed by atoms with Crippen LogP contribution >= 0.6 is 0 Å². The molecule has 1 aliphatic heterocycles. The second-order valence-electron chi connectivity index (χ2n) is 7.97. The van der Waals surface area contributed by atoms with E-state index in [9.17, 15) is 19.2 Å². The summed E-state index contributed by atoms with van der Waals surface area (Å²) >= 11 is 0. The number of aryl methyl sites for hydroxylation is 1. The fourth-order valence-corrected chi connectivity index (χ4v) is 3.28. The van der Waals surface area contributed by atoms with Gasteiger partial charge in [0.25, 0.3) is 0 Å². The van der Waals surface area contributed by atoms with Crippen molar-refractivity contribution in [2.24, 2.45) is 5.92 Å². The van der Waals surface area contributed by atoms with Gasteiger partial charge in [0.2, 0.25) is 11.8 Å². The van der Waals surface area contributed by atoms with Crippen molar-refractivity contribution < 1.29 is 19.2 Å². The highest BCUT2D eigenvalue weighted by molar-refractivity contribution is 6.03. The Balaban J connectivity index is 0.000000437. The highest BCUT2D eigenvalue weighted by Crippen LogP contribution is 2.18. The molecule has 3 rings (SSSR count). The number of benzene rings is 2. The number of amides is 2. The van der Waals surface area contributed by atoms with Gasteiger partial charge in [-0.1, -0.05) is 58.9 Å². The molecule has 1 heterocycles. The Morgan fingerprint density at radius 2 is 1.71 bits per heavy atom. The third-order valence-corrected chi connectivity index (χ3v) is 5.40. The molecule has 1 unspecified atom stereocenters. The molecule has 34 heavy (non-hydrogen) atoms. The molecule has 1 aliphatic rings. The normalized spacial score (nSPS) is 14.6. The van der Waals surface area contributed by atoms with Crippen molar-refractivity contribution in [2.45, 2.75) is 73.3 Å². The lowest BCUT2D eigenvalue weighted by atomic mass is 10.0. The third-order valence-electron chi connectivity index (χ3n) is 5.40. The molecule has 0 aromatic heterocycles. The zero-order valence-corrected chi connectivity index (χ0v) is 21.1. The number of hydrogen-bond acceptors (Lipinski definition) is 5. The predicted molar refractivity (Wildman–Crippen MR) is 137 cm³/mol. The lowest BCUT2D eigenvalue weighted by molar-refractivity contribution is -0.135. The number of imide groups is 1. The Bertz CT molecular complexity index is 951. The van der Waals surface area contributed by atoms with Gasteiger partial charge in [-0.3, -0.25) is 24.5 Å². The molecule has 0 radical (unpaired) electrons. The van der Waals surface area contributed by atoms with E-state index in [1.807, 2.05) is 33.8 Å². The lowest BCUT2D eigenvalue weighted by Gasteiger charge is -2.15. The Hall–Kier alpha value is -3.28. The first-order chi connectivity index (χ1) is 16.4. The van der Waals surface area contributed by atoms with Crippen LogP contribution in [0.5, 0.6) is 0 Å². The Labute approximate surface area is 203 Å². The van der Waals surface area contributed by atoms with Crippen LogP contribution in [0.15, 0.2) is 42.5 Å². The first-order valence-electron chi connectivity index (χ1n) is 12.2. The van der Waals surface area contributed by atoms with Crippen molar-refractivity contribution in [3.8, 4) is 0 Å². The second-order valence-corrected chi connectivity index (χ2v) is 7.97. The molecule has 2 aromatic carbocycles. The van der Waals surface area contributed by atoms with Crippen LogP contribution in [0.25, 0.3) is 0 Å². The van der Waals surface area contributed by atoms with Crippen LogP contribution in [0.1, 0.15) is 92.1 Å².